The summed E-state index contributed by atoms with van der Waals surface area (Å²) in [7, 11) is -3.85. The van der Waals surface area contributed by atoms with Gasteiger partial charge in [-0.25, -0.2) is 13.6 Å². The van der Waals surface area contributed by atoms with Crippen molar-refractivity contribution >= 4 is 31.9 Å². The van der Waals surface area contributed by atoms with Gasteiger partial charge in [-0.2, -0.15) is 0 Å². The molecule has 0 heterocycles. The number of carbonyl (C=O) groups excluding carboxylic acids is 1. The molecule has 0 unspecified atom stereocenters. The summed E-state index contributed by atoms with van der Waals surface area (Å²) in [5.74, 6) is -0.383. The van der Waals surface area contributed by atoms with E-state index in [1.54, 1.807) is 0 Å². The van der Waals surface area contributed by atoms with Gasteiger partial charge in [0.15, 0.2) is 0 Å². The Morgan fingerprint density at radius 2 is 2.11 bits per heavy atom. The highest BCUT2D eigenvalue weighted by molar-refractivity contribution is 9.10. The van der Waals surface area contributed by atoms with E-state index in [1.807, 2.05) is 6.92 Å². The van der Waals surface area contributed by atoms with Crippen molar-refractivity contribution in [3.05, 3.63) is 28.2 Å². The molecule has 0 spiro atoms. The molecule has 0 radical (unpaired) electrons. The number of hydrogen-bond donors (Lipinski definition) is 2. The highest BCUT2D eigenvalue weighted by Gasteiger charge is 2.13. The molecule has 19 heavy (non-hydrogen) atoms. The first-order valence-electron chi connectivity index (χ1n) is 5.54. The van der Waals surface area contributed by atoms with Crippen LogP contribution in [-0.4, -0.2) is 34.1 Å². The number of rotatable bonds is 6. The molecule has 0 aliphatic rings. The molecule has 0 atom stereocenters. The Bertz CT molecular complexity index is 560. The Hall–Kier alpha value is -0.960. The number of halogens is 1. The Morgan fingerprint density at radius 1 is 1.42 bits per heavy atom. The van der Waals surface area contributed by atoms with Crippen molar-refractivity contribution in [3.63, 3.8) is 0 Å². The van der Waals surface area contributed by atoms with E-state index in [0.29, 0.717) is 24.2 Å². The van der Waals surface area contributed by atoms with Crippen molar-refractivity contribution in [1.82, 2.24) is 5.32 Å². The summed E-state index contributed by atoms with van der Waals surface area (Å²) in [6.07, 6.45) is 0. The maximum Gasteiger partial charge on any atom is 0.251 e. The second kappa shape index (κ2) is 6.99. The van der Waals surface area contributed by atoms with Crippen LogP contribution in [0.3, 0.4) is 0 Å². The fraction of sp³-hybridized carbons (Fsp3) is 0.364. The van der Waals surface area contributed by atoms with Gasteiger partial charge in [0.25, 0.3) is 5.91 Å². The monoisotopic (exact) mass is 350 g/mol. The quantitative estimate of drug-likeness (QED) is 0.743. The maximum absolute atomic E-state index is 11.8. The molecule has 0 saturated heterocycles. The van der Waals surface area contributed by atoms with Crippen LogP contribution in [0.5, 0.6) is 0 Å². The number of amides is 1. The van der Waals surface area contributed by atoms with Gasteiger partial charge in [0, 0.05) is 23.2 Å². The minimum Gasteiger partial charge on any atom is -0.380 e. The number of sulfonamides is 1. The zero-order chi connectivity index (χ0) is 14.5. The lowest BCUT2D eigenvalue weighted by molar-refractivity contribution is 0.0922. The van der Waals surface area contributed by atoms with Gasteiger partial charge in [-0.15, -0.1) is 0 Å². The first-order chi connectivity index (χ1) is 8.84. The molecule has 8 heteroatoms. The smallest absolute Gasteiger partial charge is 0.251 e. The fourth-order valence-corrected chi connectivity index (χ4v) is 2.57. The number of nitrogens with one attached hydrogen (secondary N) is 1. The van der Waals surface area contributed by atoms with E-state index in [4.69, 9.17) is 9.88 Å². The highest BCUT2D eigenvalue weighted by Crippen LogP contribution is 2.18. The van der Waals surface area contributed by atoms with Crippen molar-refractivity contribution in [2.75, 3.05) is 19.8 Å². The third-order valence-corrected chi connectivity index (χ3v) is 3.55. The van der Waals surface area contributed by atoms with E-state index in [1.165, 1.54) is 18.2 Å². The van der Waals surface area contributed by atoms with Gasteiger partial charge in [0.2, 0.25) is 10.0 Å². The van der Waals surface area contributed by atoms with E-state index in [2.05, 4.69) is 21.2 Å². The number of nitrogens with two attached hydrogens (primary N) is 1. The van der Waals surface area contributed by atoms with Crippen molar-refractivity contribution in [2.45, 2.75) is 11.8 Å². The number of hydrogen-bond acceptors (Lipinski definition) is 4. The molecule has 1 amide bonds. The van der Waals surface area contributed by atoms with Crippen molar-refractivity contribution in [2.24, 2.45) is 5.14 Å². The highest BCUT2D eigenvalue weighted by atomic mass is 79.9. The normalized spacial score (nSPS) is 11.3. The van der Waals surface area contributed by atoms with Crippen LogP contribution in [0.2, 0.25) is 0 Å². The molecule has 0 aliphatic heterocycles. The van der Waals surface area contributed by atoms with E-state index in [-0.39, 0.29) is 16.4 Å². The number of primary sulfonamides is 1. The number of ether oxygens (including phenoxy) is 1. The van der Waals surface area contributed by atoms with Crippen LogP contribution in [-0.2, 0) is 14.8 Å². The van der Waals surface area contributed by atoms with E-state index in [0.717, 1.165) is 0 Å². The van der Waals surface area contributed by atoms with Gasteiger partial charge < -0.3 is 10.1 Å². The van der Waals surface area contributed by atoms with Gasteiger partial charge in [-0.1, -0.05) is 15.9 Å². The molecule has 106 valence electrons. The van der Waals surface area contributed by atoms with Crippen molar-refractivity contribution in [1.29, 1.82) is 0 Å². The van der Waals surface area contributed by atoms with Crippen LogP contribution < -0.4 is 10.5 Å². The molecule has 0 bridgehead atoms. The van der Waals surface area contributed by atoms with Crippen molar-refractivity contribution in [3.8, 4) is 0 Å². The lowest BCUT2D eigenvalue weighted by Gasteiger charge is -2.07. The van der Waals surface area contributed by atoms with Crippen LogP contribution in [0.4, 0.5) is 0 Å². The van der Waals surface area contributed by atoms with Gasteiger partial charge in [0.1, 0.15) is 0 Å². The molecule has 0 aromatic heterocycles. The number of carbonyl (C=O) groups is 1. The summed E-state index contributed by atoms with van der Waals surface area (Å²) in [6.45, 7) is 3.18. The lowest BCUT2D eigenvalue weighted by atomic mass is 10.2. The second-order valence-electron chi connectivity index (χ2n) is 3.67. The molecule has 3 N–H and O–H groups in total. The number of benzene rings is 1. The van der Waals surface area contributed by atoms with E-state index < -0.39 is 10.0 Å². The minimum absolute atomic E-state index is 0.114. The zero-order valence-corrected chi connectivity index (χ0v) is 12.8. The second-order valence-corrected chi connectivity index (χ2v) is 6.15. The zero-order valence-electron chi connectivity index (χ0n) is 10.3. The molecule has 6 nitrogen and oxygen atoms in total. The largest absolute Gasteiger partial charge is 0.380 e. The fourth-order valence-electron chi connectivity index (χ4n) is 1.34. The SMILES string of the molecule is CCOCCNC(=O)c1cc(Br)cc(S(N)(=O)=O)c1. The van der Waals surface area contributed by atoms with Crippen LogP contribution in [0.25, 0.3) is 0 Å². The van der Waals surface area contributed by atoms with Gasteiger partial charge in [-0.05, 0) is 25.1 Å². The molecule has 0 fully saturated rings. The Labute approximate surface area is 120 Å². The van der Waals surface area contributed by atoms with E-state index in [9.17, 15) is 13.2 Å². The first-order valence-corrected chi connectivity index (χ1v) is 7.88. The average Bonchev–Trinajstić information content (AvgIpc) is 2.32. The Morgan fingerprint density at radius 3 is 2.68 bits per heavy atom. The molecule has 1 aromatic rings. The summed E-state index contributed by atoms with van der Waals surface area (Å²) in [4.78, 5) is 11.7. The van der Waals surface area contributed by atoms with Gasteiger partial charge in [-0.3, -0.25) is 4.79 Å². The van der Waals surface area contributed by atoms with Crippen LogP contribution >= 0.6 is 15.9 Å². The minimum atomic E-state index is -3.85. The standard InChI is InChI=1S/C11H15BrN2O4S/c1-2-18-4-3-14-11(15)8-5-9(12)7-10(6-8)19(13,16)17/h5-7H,2-4H2,1H3,(H,14,15)(H2,13,16,17). The van der Waals surface area contributed by atoms with Gasteiger partial charge in [0.05, 0.1) is 11.5 Å². The summed E-state index contributed by atoms with van der Waals surface area (Å²) >= 11 is 3.14. The summed E-state index contributed by atoms with van der Waals surface area (Å²) in [5, 5.41) is 7.65. The first kappa shape index (κ1) is 16.1. The molecule has 0 saturated carbocycles. The predicted octanol–water partition coefficient (Wildman–Crippen LogP) is 0.863. The van der Waals surface area contributed by atoms with E-state index >= 15 is 0 Å². The molecular formula is C11H15BrN2O4S. The Kier molecular flexibility index (Phi) is 5.92. The summed E-state index contributed by atoms with van der Waals surface area (Å²) < 4.78 is 28.1. The van der Waals surface area contributed by atoms with Crippen molar-refractivity contribution < 1.29 is 17.9 Å². The third kappa shape index (κ3) is 5.27. The third-order valence-electron chi connectivity index (χ3n) is 2.20. The van der Waals surface area contributed by atoms with Crippen LogP contribution in [0.1, 0.15) is 17.3 Å². The Balaban J connectivity index is 2.83. The molecule has 1 rings (SSSR count). The maximum atomic E-state index is 11.8. The predicted molar refractivity (Wildman–Crippen MR) is 74.3 cm³/mol. The topological polar surface area (TPSA) is 98.5 Å². The average molecular weight is 351 g/mol. The lowest BCUT2D eigenvalue weighted by Crippen LogP contribution is -2.27. The summed E-state index contributed by atoms with van der Waals surface area (Å²) in [5.41, 5.74) is 0.217. The molecular weight excluding hydrogens is 336 g/mol. The van der Waals surface area contributed by atoms with Crippen LogP contribution in [0.15, 0.2) is 27.6 Å². The molecule has 0 aliphatic carbocycles. The summed E-state index contributed by atoms with van der Waals surface area (Å²) in [6, 6.07) is 4.09. The van der Waals surface area contributed by atoms with Crippen LogP contribution in [0, 0.1) is 0 Å². The van der Waals surface area contributed by atoms with Gasteiger partial charge >= 0.3 is 0 Å². The molecule has 1 aromatic carbocycles.